The van der Waals surface area contributed by atoms with E-state index >= 15 is 0 Å². The molecule has 2 nitrogen and oxygen atoms in total. The maximum absolute atomic E-state index is 3.54. The first kappa shape index (κ1) is 14.5. The lowest BCUT2D eigenvalue weighted by atomic mass is 10.1. The summed E-state index contributed by atoms with van der Waals surface area (Å²) in [5, 5.41) is 3.44. The van der Waals surface area contributed by atoms with Crippen LogP contribution in [-0.2, 0) is 0 Å². The van der Waals surface area contributed by atoms with Crippen molar-refractivity contribution in [1.82, 2.24) is 4.90 Å². The van der Waals surface area contributed by atoms with Gasteiger partial charge in [-0.2, -0.15) is 0 Å². The normalized spacial score (nSPS) is 11.2. The predicted octanol–water partition coefficient (Wildman–Crippen LogP) is 3.84. The van der Waals surface area contributed by atoms with Crippen LogP contribution < -0.4 is 5.32 Å². The van der Waals surface area contributed by atoms with Crippen molar-refractivity contribution in [1.29, 1.82) is 0 Å². The largest absolute Gasteiger partial charge is 0.383 e. The highest BCUT2D eigenvalue weighted by Gasteiger charge is 2.01. The molecule has 1 rings (SSSR count). The predicted molar refractivity (Wildman–Crippen MR) is 79.6 cm³/mol. The van der Waals surface area contributed by atoms with Crippen LogP contribution in [0.1, 0.15) is 20.3 Å². The molecule has 1 N–H and O–H groups in total. The molecule has 1 aromatic carbocycles. The highest BCUT2D eigenvalue weighted by molar-refractivity contribution is 9.10. The molecule has 1 aromatic rings. The number of para-hydroxylation sites is 1. The van der Waals surface area contributed by atoms with Crippen LogP contribution in [0.15, 0.2) is 28.7 Å². The SMILES string of the molecule is CC(C)CCN(C)CCNc1ccccc1Br. The first-order valence-electron chi connectivity index (χ1n) is 6.26. The Bertz CT molecular complexity index is 326. The molecule has 0 unspecified atom stereocenters. The molecule has 0 radical (unpaired) electrons. The van der Waals surface area contributed by atoms with Crippen molar-refractivity contribution in [3.63, 3.8) is 0 Å². The number of hydrogen-bond donors (Lipinski definition) is 1. The smallest absolute Gasteiger partial charge is 0.0485 e. The first-order chi connectivity index (χ1) is 8.09. The minimum atomic E-state index is 0.786. The van der Waals surface area contributed by atoms with E-state index in [9.17, 15) is 0 Å². The lowest BCUT2D eigenvalue weighted by molar-refractivity contribution is 0.321. The summed E-state index contributed by atoms with van der Waals surface area (Å²) < 4.78 is 1.13. The maximum Gasteiger partial charge on any atom is 0.0485 e. The van der Waals surface area contributed by atoms with Gasteiger partial charge < -0.3 is 10.2 Å². The van der Waals surface area contributed by atoms with Crippen LogP contribution in [0.2, 0.25) is 0 Å². The number of benzene rings is 1. The first-order valence-corrected chi connectivity index (χ1v) is 7.06. The van der Waals surface area contributed by atoms with Gasteiger partial charge in [-0.15, -0.1) is 0 Å². The summed E-state index contributed by atoms with van der Waals surface area (Å²) in [6.07, 6.45) is 1.27. The zero-order chi connectivity index (χ0) is 12.7. The lowest BCUT2D eigenvalue weighted by Crippen LogP contribution is -2.26. The molecule has 3 heteroatoms. The fourth-order valence-corrected chi connectivity index (χ4v) is 2.00. The van der Waals surface area contributed by atoms with E-state index < -0.39 is 0 Å². The van der Waals surface area contributed by atoms with Crippen molar-refractivity contribution in [2.75, 3.05) is 32.0 Å². The molecule has 0 heterocycles. The van der Waals surface area contributed by atoms with E-state index in [0.29, 0.717) is 0 Å². The molecule has 0 aliphatic rings. The number of halogens is 1. The van der Waals surface area contributed by atoms with Gasteiger partial charge in [-0.25, -0.2) is 0 Å². The molecule has 0 bridgehead atoms. The molecule has 0 spiro atoms. The zero-order valence-corrected chi connectivity index (χ0v) is 12.6. The topological polar surface area (TPSA) is 15.3 Å². The van der Waals surface area contributed by atoms with Crippen molar-refractivity contribution < 1.29 is 0 Å². The molecule has 0 saturated heterocycles. The second kappa shape index (κ2) is 7.72. The second-order valence-corrected chi connectivity index (χ2v) is 5.75. The maximum atomic E-state index is 3.54. The summed E-state index contributed by atoms with van der Waals surface area (Å²) in [6.45, 7) is 7.78. The van der Waals surface area contributed by atoms with E-state index in [2.05, 4.69) is 65.2 Å². The van der Waals surface area contributed by atoms with Crippen molar-refractivity contribution in [3.8, 4) is 0 Å². The minimum absolute atomic E-state index is 0.786. The molecule has 0 aliphatic heterocycles. The van der Waals surface area contributed by atoms with Crippen molar-refractivity contribution >= 4 is 21.6 Å². The van der Waals surface area contributed by atoms with E-state index in [1.54, 1.807) is 0 Å². The van der Waals surface area contributed by atoms with Gasteiger partial charge in [-0.3, -0.25) is 0 Å². The summed E-state index contributed by atoms with van der Waals surface area (Å²) in [5.41, 5.74) is 1.17. The highest BCUT2D eigenvalue weighted by atomic mass is 79.9. The Morgan fingerprint density at radius 3 is 2.59 bits per heavy atom. The van der Waals surface area contributed by atoms with Crippen molar-refractivity contribution in [2.45, 2.75) is 20.3 Å². The summed E-state index contributed by atoms with van der Waals surface area (Å²) in [4.78, 5) is 2.38. The summed E-state index contributed by atoms with van der Waals surface area (Å²) >= 11 is 3.54. The third-order valence-corrected chi connectivity index (χ3v) is 3.46. The molecule has 0 aliphatic carbocycles. The number of likely N-dealkylation sites (N-methyl/N-ethyl adjacent to an activating group) is 1. The summed E-state index contributed by atoms with van der Waals surface area (Å²) in [6, 6.07) is 8.24. The number of hydrogen-bond acceptors (Lipinski definition) is 2. The molecule has 0 fully saturated rings. The Morgan fingerprint density at radius 1 is 1.24 bits per heavy atom. The van der Waals surface area contributed by atoms with Crippen LogP contribution in [0.4, 0.5) is 5.69 Å². The standard InChI is InChI=1S/C14H23BrN2/c1-12(2)8-10-17(3)11-9-16-14-7-5-4-6-13(14)15/h4-7,12,16H,8-11H2,1-3H3. The highest BCUT2D eigenvalue weighted by Crippen LogP contribution is 2.20. The van der Waals surface area contributed by atoms with Gasteiger partial charge in [0.25, 0.3) is 0 Å². The van der Waals surface area contributed by atoms with E-state index in [1.807, 2.05) is 6.07 Å². The van der Waals surface area contributed by atoms with Crippen LogP contribution in [0, 0.1) is 5.92 Å². The molecular weight excluding hydrogens is 276 g/mol. The van der Waals surface area contributed by atoms with Crippen LogP contribution >= 0.6 is 15.9 Å². The third-order valence-electron chi connectivity index (χ3n) is 2.77. The van der Waals surface area contributed by atoms with Gasteiger partial charge in [-0.1, -0.05) is 26.0 Å². The van der Waals surface area contributed by atoms with Crippen molar-refractivity contribution in [2.24, 2.45) is 5.92 Å². The average Bonchev–Trinajstić information content (AvgIpc) is 2.29. The van der Waals surface area contributed by atoms with E-state index in [4.69, 9.17) is 0 Å². The Kier molecular flexibility index (Phi) is 6.60. The fraction of sp³-hybridized carbons (Fsp3) is 0.571. The van der Waals surface area contributed by atoms with E-state index in [-0.39, 0.29) is 0 Å². The molecule has 0 atom stereocenters. The summed E-state index contributed by atoms with van der Waals surface area (Å²) in [7, 11) is 2.18. The van der Waals surface area contributed by atoms with Gasteiger partial charge in [0.1, 0.15) is 0 Å². The number of anilines is 1. The van der Waals surface area contributed by atoms with E-state index in [1.165, 1.54) is 18.7 Å². The quantitative estimate of drug-likeness (QED) is 0.823. The Labute approximate surface area is 114 Å². The van der Waals surface area contributed by atoms with Crippen LogP contribution in [0.5, 0.6) is 0 Å². The van der Waals surface area contributed by atoms with Gasteiger partial charge in [0, 0.05) is 23.2 Å². The van der Waals surface area contributed by atoms with Crippen molar-refractivity contribution in [3.05, 3.63) is 28.7 Å². The van der Waals surface area contributed by atoms with Gasteiger partial charge in [0.15, 0.2) is 0 Å². The summed E-state index contributed by atoms with van der Waals surface area (Å²) in [5.74, 6) is 0.786. The average molecular weight is 299 g/mol. The van der Waals surface area contributed by atoms with Crippen LogP contribution in [-0.4, -0.2) is 31.6 Å². The Balaban J connectivity index is 2.21. The van der Waals surface area contributed by atoms with Gasteiger partial charge in [-0.05, 0) is 54.0 Å². The number of nitrogens with zero attached hydrogens (tertiary/aromatic N) is 1. The van der Waals surface area contributed by atoms with Gasteiger partial charge >= 0.3 is 0 Å². The zero-order valence-electron chi connectivity index (χ0n) is 11.0. The van der Waals surface area contributed by atoms with Gasteiger partial charge in [0.2, 0.25) is 0 Å². The molecule has 17 heavy (non-hydrogen) atoms. The Hall–Kier alpha value is -0.540. The molecular formula is C14H23BrN2. The molecule has 0 amide bonds. The molecule has 0 aromatic heterocycles. The lowest BCUT2D eigenvalue weighted by Gasteiger charge is -2.18. The molecule has 0 saturated carbocycles. The second-order valence-electron chi connectivity index (χ2n) is 4.89. The minimum Gasteiger partial charge on any atom is -0.383 e. The van der Waals surface area contributed by atoms with Gasteiger partial charge in [0.05, 0.1) is 0 Å². The third kappa shape index (κ3) is 6.08. The fourth-order valence-electron chi connectivity index (χ4n) is 1.58. The van der Waals surface area contributed by atoms with Crippen LogP contribution in [0.3, 0.4) is 0 Å². The van der Waals surface area contributed by atoms with E-state index in [0.717, 1.165) is 23.5 Å². The number of rotatable bonds is 7. The van der Waals surface area contributed by atoms with Crippen LogP contribution in [0.25, 0.3) is 0 Å². The Morgan fingerprint density at radius 2 is 1.94 bits per heavy atom. The molecule has 96 valence electrons. The number of nitrogens with one attached hydrogen (secondary N) is 1. The monoisotopic (exact) mass is 298 g/mol.